The summed E-state index contributed by atoms with van der Waals surface area (Å²) in [5.41, 5.74) is 3.03. The van der Waals surface area contributed by atoms with Gasteiger partial charge < -0.3 is 18.9 Å². The number of nitrogens with one attached hydrogen (secondary N) is 1. The van der Waals surface area contributed by atoms with Gasteiger partial charge in [0, 0.05) is 15.6 Å². The average molecular weight is 415 g/mol. The van der Waals surface area contributed by atoms with Gasteiger partial charge in [0.05, 0.1) is 27.9 Å². The number of esters is 1. The molecule has 1 heterocycles. The average Bonchev–Trinajstić information content (AvgIpc) is 2.96. The Bertz CT molecular complexity index is 732. The fraction of sp³-hybridized carbons (Fsp3) is 0.375. The van der Waals surface area contributed by atoms with Gasteiger partial charge in [-0.25, -0.2) is 9.79 Å². The maximum absolute atomic E-state index is 12.1. The summed E-state index contributed by atoms with van der Waals surface area (Å²) in [5, 5.41) is 9.45. The van der Waals surface area contributed by atoms with Crippen LogP contribution < -0.4 is 19.7 Å². The van der Waals surface area contributed by atoms with Gasteiger partial charge in [-0.15, -0.1) is 0 Å². The van der Waals surface area contributed by atoms with Gasteiger partial charge >= 0.3 is 5.97 Å². The van der Waals surface area contributed by atoms with Crippen LogP contribution in [0.3, 0.4) is 0 Å². The van der Waals surface area contributed by atoms with Crippen molar-refractivity contribution in [3.8, 4) is 17.2 Å². The molecule has 0 bridgehead atoms. The fourth-order valence-electron chi connectivity index (χ4n) is 2.52. The summed E-state index contributed by atoms with van der Waals surface area (Å²) in [4.78, 5) is 16.3. The molecule has 1 aliphatic heterocycles. The molecular formula is C16H19BrN2O6. The minimum atomic E-state index is -0.914. The Morgan fingerprint density at radius 2 is 1.92 bits per heavy atom. The number of amidine groups is 1. The van der Waals surface area contributed by atoms with Gasteiger partial charge in [0.15, 0.2) is 23.4 Å². The molecule has 0 saturated carbocycles. The summed E-state index contributed by atoms with van der Waals surface area (Å²) < 4.78 is 21.6. The Hall–Kier alpha value is -2.26. The molecule has 8 nitrogen and oxygen atoms in total. The van der Waals surface area contributed by atoms with Gasteiger partial charge in [0.25, 0.3) is 0 Å². The second-order valence-corrected chi connectivity index (χ2v) is 5.70. The highest BCUT2D eigenvalue weighted by molar-refractivity contribution is 9.12. The molecule has 0 spiro atoms. The molecular weight excluding hydrogens is 396 g/mol. The predicted octanol–water partition coefficient (Wildman–Crippen LogP) is 2.14. The third-order valence-corrected chi connectivity index (χ3v) is 4.39. The van der Waals surface area contributed by atoms with Crippen LogP contribution in [0.15, 0.2) is 21.6 Å². The lowest BCUT2D eigenvalue weighted by atomic mass is 10.0. The summed E-state index contributed by atoms with van der Waals surface area (Å²) in [6.45, 7) is 1.93. The first kappa shape index (κ1) is 19.1. The first-order valence-electron chi connectivity index (χ1n) is 7.37. The van der Waals surface area contributed by atoms with Gasteiger partial charge in [-0.2, -0.15) is 0 Å². The zero-order valence-corrected chi connectivity index (χ0v) is 15.8. The normalized spacial score (nSPS) is 16.4. The maximum Gasteiger partial charge on any atom is 0.336 e. The summed E-state index contributed by atoms with van der Waals surface area (Å²) in [5.74, 6) is 0.815. The lowest BCUT2D eigenvalue weighted by molar-refractivity contribution is -0.143. The highest BCUT2D eigenvalue weighted by atomic mass is 79.9. The SMILES string of the molecule is CCOC(=O)C1N=C(NO)C(c2ccc(OC)c(OC)c2OC)=C1Br. The van der Waals surface area contributed by atoms with Crippen LogP contribution in [0.4, 0.5) is 0 Å². The summed E-state index contributed by atoms with van der Waals surface area (Å²) in [7, 11) is 4.49. The summed E-state index contributed by atoms with van der Waals surface area (Å²) in [6.07, 6.45) is 0. The van der Waals surface area contributed by atoms with Crippen LogP contribution in [0.25, 0.3) is 5.57 Å². The van der Waals surface area contributed by atoms with Gasteiger partial charge in [-0.3, -0.25) is 10.7 Å². The number of hydrogen-bond acceptors (Lipinski definition) is 8. The van der Waals surface area contributed by atoms with Crippen LogP contribution in [0, 0.1) is 0 Å². The topological polar surface area (TPSA) is 98.6 Å². The zero-order chi connectivity index (χ0) is 18.6. The minimum Gasteiger partial charge on any atom is -0.493 e. The number of methoxy groups -OCH3 is 3. The molecule has 2 rings (SSSR count). The van der Waals surface area contributed by atoms with Crippen LogP contribution in [0.2, 0.25) is 0 Å². The van der Waals surface area contributed by atoms with Crippen LogP contribution in [-0.4, -0.2) is 51.0 Å². The highest BCUT2D eigenvalue weighted by Gasteiger charge is 2.35. The quantitative estimate of drug-likeness (QED) is 0.543. The Labute approximate surface area is 153 Å². The van der Waals surface area contributed by atoms with Crippen molar-refractivity contribution < 1.29 is 28.9 Å². The zero-order valence-electron chi connectivity index (χ0n) is 14.3. The van der Waals surface area contributed by atoms with Crippen molar-refractivity contribution in [2.24, 2.45) is 4.99 Å². The number of carbonyl (C=O) groups is 1. The second kappa shape index (κ2) is 8.21. The van der Waals surface area contributed by atoms with E-state index in [1.165, 1.54) is 21.3 Å². The number of nitrogens with zero attached hydrogens (tertiary/aromatic N) is 1. The number of halogens is 1. The number of hydroxylamine groups is 1. The van der Waals surface area contributed by atoms with E-state index in [9.17, 15) is 10.0 Å². The van der Waals surface area contributed by atoms with Gasteiger partial charge in [-0.1, -0.05) is 15.9 Å². The van der Waals surface area contributed by atoms with E-state index in [-0.39, 0.29) is 12.4 Å². The fourth-order valence-corrected chi connectivity index (χ4v) is 3.21. The Kier molecular flexibility index (Phi) is 6.27. The van der Waals surface area contributed by atoms with Crippen molar-refractivity contribution in [3.05, 3.63) is 22.2 Å². The summed E-state index contributed by atoms with van der Waals surface area (Å²) >= 11 is 3.39. The molecule has 0 fully saturated rings. The first-order chi connectivity index (χ1) is 12.0. The maximum atomic E-state index is 12.1. The second-order valence-electron chi connectivity index (χ2n) is 4.85. The molecule has 0 aromatic heterocycles. The molecule has 0 radical (unpaired) electrons. The Morgan fingerprint density at radius 1 is 1.24 bits per heavy atom. The van der Waals surface area contributed by atoms with Crippen molar-refractivity contribution in [1.82, 2.24) is 5.48 Å². The molecule has 1 aliphatic rings. The van der Waals surface area contributed by atoms with E-state index in [0.29, 0.717) is 32.9 Å². The van der Waals surface area contributed by atoms with Crippen LogP contribution >= 0.6 is 15.9 Å². The molecule has 1 atom stereocenters. The van der Waals surface area contributed by atoms with Crippen molar-refractivity contribution in [1.29, 1.82) is 0 Å². The summed E-state index contributed by atoms with van der Waals surface area (Å²) in [6, 6.07) is 2.50. The van der Waals surface area contributed by atoms with Gasteiger partial charge in [0.1, 0.15) is 0 Å². The Morgan fingerprint density at radius 3 is 2.44 bits per heavy atom. The van der Waals surface area contributed by atoms with Crippen LogP contribution in [-0.2, 0) is 9.53 Å². The van der Waals surface area contributed by atoms with E-state index in [1.54, 1.807) is 19.1 Å². The molecule has 136 valence electrons. The number of rotatable bonds is 6. The molecule has 0 aliphatic carbocycles. The minimum absolute atomic E-state index is 0.107. The number of carbonyl (C=O) groups excluding carboxylic acids is 1. The third-order valence-electron chi connectivity index (χ3n) is 3.56. The van der Waals surface area contributed by atoms with E-state index >= 15 is 0 Å². The molecule has 25 heavy (non-hydrogen) atoms. The Balaban J connectivity index is 2.63. The monoisotopic (exact) mass is 414 g/mol. The van der Waals surface area contributed by atoms with E-state index in [4.69, 9.17) is 18.9 Å². The largest absolute Gasteiger partial charge is 0.493 e. The standard InChI is InChI=1S/C16H19BrN2O6/c1-5-25-16(20)12-11(17)10(15(18-12)19-21)8-6-7-9(22-2)14(24-4)13(8)23-3/h6-7,12,21H,5H2,1-4H3,(H,18,19). The third kappa shape index (κ3) is 3.42. The molecule has 9 heteroatoms. The van der Waals surface area contributed by atoms with Crippen molar-refractivity contribution >= 4 is 33.3 Å². The molecule has 1 unspecified atom stereocenters. The van der Waals surface area contributed by atoms with Crippen molar-refractivity contribution in [2.75, 3.05) is 27.9 Å². The molecule has 2 N–H and O–H groups in total. The number of hydrogen-bond donors (Lipinski definition) is 2. The molecule has 1 aromatic carbocycles. The van der Waals surface area contributed by atoms with E-state index in [2.05, 4.69) is 20.9 Å². The first-order valence-corrected chi connectivity index (χ1v) is 8.17. The lowest BCUT2D eigenvalue weighted by Gasteiger charge is -2.17. The molecule has 0 saturated heterocycles. The molecule has 1 aromatic rings. The highest BCUT2D eigenvalue weighted by Crippen LogP contribution is 2.45. The van der Waals surface area contributed by atoms with Crippen LogP contribution in [0.5, 0.6) is 17.2 Å². The number of ether oxygens (including phenoxy) is 4. The van der Waals surface area contributed by atoms with Crippen LogP contribution in [0.1, 0.15) is 12.5 Å². The smallest absolute Gasteiger partial charge is 0.336 e. The van der Waals surface area contributed by atoms with Gasteiger partial charge in [0.2, 0.25) is 5.75 Å². The number of aliphatic imine (C=N–C) groups is 1. The number of benzene rings is 1. The van der Waals surface area contributed by atoms with Gasteiger partial charge in [-0.05, 0) is 19.1 Å². The van der Waals surface area contributed by atoms with E-state index < -0.39 is 12.0 Å². The van der Waals surface area contributed by atoms with E-state index in [0.717, 1.165) is 0 Å². The van der Waals surface area contributed by atoms with E-state index in [1.807, 2.05) is 5.48 Å². The van der Waals surface area contributed by atoms with Crippen molar-refractivity contribution in [2.45, 2.75) is 13.0 Å². The predicted molar refractivity (Wildman–Crippen MR) is 94.7 cm³/mol. The van der Waals surface area contributed by atoms with Crippen molar-refractivity contribution in [3.63, 3.8) is 0 Å². The lowest BCUT2D eigenvalue weighted by Crippen LogP contribution is -2.22. The molecule has 0 amide bonds.